The van der Waals surface area contributed by atoms with E-state index < -0.39 is 0 Å². The van der Waals surface area contributed by atoms with E-state index in [0.29, 0.717) is 17.8 Å². The van der Waals surface area contributed by atoms with Crippen molar-refractivity contribution in [1.29, 1.82) is 0 Å². The quantitative estimate of drug-likeness (QED) is 0.941. The predicted molar refractivity (Wildman–Crippen MR) is 95.1 cm³/mol. The second-order valence-corrected chi connectivity index (χ2v) is 5.86. The van der Waals surface area contributed by atoms with E-state index in [0.717, 1.165) is 16.8 Å². The van der Waals surface area contributed by atoms with Crippen LogP contribution >= 0.6 is 0 Å². The summed E-state index contributed by atoms with van der Waals surface area (Å²) in [4.78, 5) is 24.7. The molecule has 0 saturated heterocycles. The van der Waals surface area contributed by atoms with Gasteiger partial charge in [0.15, 0.2) is 0 Å². The van der Waals surface area contributed by atoms with Gasteiger partial charge < -0.3 is 5.32 Å². The molecule has 5 heteroatoms. The maximum Gasteiger partial charge on any atom is 0.271 e. The van der Waals surface area contributed by atoms with Gasteiger partial charge in [0.2, 0.25) is 5.91 Å². The Kier molecular flexibility index (Phi) is 4.42. The van der Waals surface area contributed by atoms with Gasteiger partial charge in [0, 0.05) is 18.5 Å². The minimum Gasteiger partial charge on any atom is -0.321 e. The van der Waals surface area contributed by atoms with Crippen LogP contribution in [0.5, 0.6) is 0 Å². The number of carbonyl (C=O) groups excluding carboxylic acids is 2. The molecule has 0 spiro atoms. The summed E-state index contributed by atoms with van der Waals surface area (Å²) in [5.41, 5.74) is 3.80. The normalized spacial score (nSPS) is 14.3. The summed E-state index contributed by atoms with van der Waals surface area (Å²) in [5, 5.41) is 8.48. The Balaban J connectivity index is 1.85. The SMILES string of the molecule is Cc1cccc(NC(=O)C2=NN(c3ccccc3C)C(=O)CC2)c1. The standard InChI is InChI=1S/C19H19N3O2/c1-13-6-5-8-15(12-13)20-19(24)16-10-11-18(23)22(21-16)17-9-4-3-7-14(17)2/h3-9,12H,10-11H2,1-2H3,(H,20,24). The van der Waals surface area contributed by atoms with Crippen molar-refractivity contribution in [2.24, 2.45) is 5.10 Å². The molecule has 0 aliphatic carbocycles. The molecule has 2 amide bonds. The summed E-state index contributed by atoms with van der Waals surface area (Å²) < 4.78 is 0. The number of rotatable bonds is 3. The molecule has 24 heavy (non-hydrogen) atoms. The van der Waals surface area contributed by atoms with E-state index in [4.69, 9.17) is 0 Å². The lowest BCUT2D eigenvalue weighted by Crippen LogP contribution is -2.36. The molecule has 5 nitrogen and oxygen atoms in total. The second-order valence-electron chi connectivity index (χ2n) is 5.86. The highest BCUT2D eigenvalue weighted by Crippen LogP contribution is 2.24. The van der Waals surface area contributed by atoms with Crippen molar-refractivity contribution in [2.45, 2.75) is 26.7 Å². The van der Waals surface area contributed by atoms with Crippen LogP contribution in [0.25, 0.3) is 0 Å². The number of amides is 2. The molecule has 122 valence electrons. The molecular formula is C19H19N3O2. The summed E-state index contributed by atoms with van der Waals surface area (Å²) >= 11 is 0. The van der Waals surface area contributed by atoms with Crippen LogP contribution in [-0.4, -0.2) is 17.5 Å². The van der Waals surface area contributed by atoms with Gasteiger partial charge in [0.25, 0.3) is 5.91 Å². The molecule has 1 aliphatic rings. The van der Waals surface area contributed by atoms with Crippen LogP contribution in [0.2, 0.25) is 0 Å². The Labute approximate surface area is 141 Å². The van der Waals surface area contributed by atoms with E-state index in [1.807, 2.05) is 62.4 Å². The smallest absolute Gasteiger partial charge is 0.271 e. The third-order valence-electron chi connectivity index (χ3n) is 3.91. The molecule has 0 radical (unpaired) electrons. The number of anilines is 2. The maximum atomic E-state index is 12.5. The molecule has 0 fully saturated rings. The lowest BCUT2D eigenvalue weighted by Gasteiger charge is -2.24. The Morgan fingerprint density at radius 3 is 2.62 bits per heavy atom. The van der Waals surface area contributed by atoms with Gasteiger partial charge in [-0.1, -0.05) is 30.3 Å². The zero-order chi connectivity index (χ0) is 17.1. The number of benzene rings is 2. The molecule has 0 unspecified atom stereocenters. The Morgan fingerprint density at radius 1 is 1.08 bits per heavy atom. The lowest BCUT2D eigenvalue weighted by molar-refractivity contribution is -0.118. The first-order chi connectivity index (χ1) is 11.5. The third-order valence-corrected chi connectivity index (χ3v) is 3.91. The first-order valence-corrected chi connectivity index (χ1v) is 7.88. The molecule has 3 rings (SSSR count). The highest BCUT2D eigenvalue weighted by Gasteiger charge is 2.26. The summed E-state index contributed by atoms with van der Waals surface area (Å²) in [7, 11) is 0. The third kappa shape index (κ3) is 3.35. The summed E-state index contributed by atoms with van der Waals surface area (Å²) in [6.45, 7) is 3.88. The minimum absolute atomic E-state index is 0.101. The molecular weight excluding hydrogens is 302 g/mol. The monoisotopic (exact) mass is 321 g/mol. The number of hydrazone groups is 1. The molecule has 0 aromatic heterocycles. The Bertz CT molecular complexity index is 827. The van der Waals surface area contributed by atoms with Crippen molar-refractivity contribution in [3.8, 4) is 0 Å². The topological polar surface area (TPSA) is 61.8 Å². The number of para-hydroxylation sites is 1. The van der Waals surface area contributed by atoms with Crippen LogP contribution in [0.4, 0.5) is 11.4 Å². The first kappa shape index (κ1) is 15.9. The van der Waals surface area contributed by atoms with Crippen molar-refractivity contribution in [1.82, 2.24) is 0 Å². The molecule has 2 aromatic rings. The molecule has 0 atom stereocenters. The van der Waals surface area contributed by atoms with E-state index in [1.165, 1.54) is 5.01 Å². The van der Waals surface area contributed by atoms with E-state index in [2.05, 4.69) is 10.4 Å². The van der Waals surface area contributed by atoms with Crippen LogP contribution in [0.1, 0.15) is 24.0 Å². The number of nitrogens with zero attached hydrogens (tertiary/aromatic N) is 2. The average Bonchev–Trinajstić information content (AvgIpc) is 2.56. The fourth-order valence-electron chi connectivity index (χ4n) is 2.63. The van der Waals surface area contributed by atoms with Crippen LogP contribution < -0.4 is 10.3 Å². The van der Waals surface area contributed by atoms with Crippen molar-refractivity contribution < 1.29 is 9.59 Å². The van der Waals surface area contributed by atoms with Crippen molar-refractivity contribution in [3.63, 3.8) is 0 Å². The lowest BCUT2D eigenvalue weighted by atomic mass is 10.1. The summed E-state index contributed by atoms with van der Waals surface area (Å²) in [5.74, 6) is -0.372. The van der Waals surface area contributed by atoms with Crippen molar-refractivity contribution in [2.75, 3.05) is 10.3 Å². The van der Waals surface area contributed by atoms with Crippen molar-refractivity contribution >= 4 is 28.9 Å². The highest BCUT2D eigenvalue weighted by atomic mass is 16.2. The molecule has 0 bridgehead atoms. The van der Waals surface area contributed by atoms with E-state index in [-0.39, 0.29) is 18.2 Å². The van der Waals surface area contributed by atoms with Gasteiger partial charge in [0.05, 0.1) is 5.69 Å². The van der Waals surface area contributed by atoms with Crippen LogP contribution in [0.15, 0.2) is 53.6 Å². The van der Waals surface area contributed by atoms with Crippen molar-refractivity contribution in [3.05, 3.63) is 59.7 Å². The Hall–Kier alpha value is -2.95. The zero-order valence-corrected chi connectivity index (χ0v) is 13.7. The largest absolute Gasteiger partial charge is 0.321 e. The van der Waals surface area contributed by atoms with Gasteiger partial charge in [0.1, 0.15) is 5.71 Å². The highest BCUT2D eigenvalue weighted by molar-refractivity contribution is 6.44. The van der Waals surface area contributed by atoms with E-state index in [9.17, 15) is 9.59 Å². The van der Waals surface area contributed by atoms with E-state index in [1.54, 1.807) is 0 Å². The molecule has 2 aromatic carbocycles. The number of carbonyl (C=O) groups is 2. The Morgan fingerprint density at radius 2 is 1.88 bits per heavy atom. The maximum absolute atomic E-state index is 12.5. The van der Waals surface area contributed by atoms with Gasteiger partial charge in [-0.3, -0.25) is 9.59 Å². The predicted octanol–water partition coefficient (Wildman–Crippen LogP) is 3.42. The van der Waals surface area contributed by atoms with Crippen LogP contribution in [0.3, 0.4) is 0 Å². The summed E-state index contributed by atoms with van der Waals surface area (Å²) in [6, 6.07) is 15.1. The van der Waals surface area contributed by atoms with Gasteiger partial charge in [-0.05, 0) is 43.2 Å². The average molecular weight is 321 g/mol. The number of hydrogen-bond donors (Lipinski definition) is 1. The second kappa shape index (κ2) is 6.66. The summed E-state index contributed by atoms with van der Waals surface area (Å²) in [6.07, 6.45) is 0.618. The molecule has 1 N–H and O–H groups in total. The zero-order valence-electron chi connectivity index (χ0n) is 13.7. The van der Waals surface area contributed by atoms with Gasteiger partial charge in [-0.25, -0.2) is 5.01 Å². The molecule has 0 saturated carbocycles. The van der Waals surface area contributed by atoms with Crippen LogP contribution in [-0.2, 0) is 9.59 Å². The fourth-order valence-corrected chi connectivity index (χ4v) is 2.63. The van der Waals surface area contributed by atoms with Gasteiger partial charge in [-0.15, -0.1) is 0 Å². The van der Waals surface area contributed by atoms with E-state index >= 15 is 0 Å². The van der Waals surface area contributed by atoms with Crippen LogP contribution in [0, 0.1) is 13.8 Å². The number of hydrogen-bond acceptors (Lipinski definition) is 3. The fraction of sp³-hybridized carbons (Fsp3) is 0.211. The number of aryl methyl sites for hydroxylation is 2. The molecule has 1 aliphatic heterocycles. The minimum atomic E-state index is -0.272. The van der Waals surface area contributed by atoms with Gasteiger partial charge >= 0.3 is 0 Å². The first-order valence-electron chi connectivity index (χ1n) is 7.88. The molecule has 1 heterocycles. The number of nitrogens with one attached hydrogen (secondary N) is 1. The van der Waals surface area contributed by atoms with Gasteiger partial charge in [-0.2, -0.15) is 5.10 Å².